The van der Waals surface area contributed by atoms with Gasteiger partial charge in [-0.3, -0.25) is 9.59 Å². The number of benzene rings is 1. The van der Waals surface area contributed by atoms with Gasteiger partial charge in [0.05, 0.1) is 23.7 Å². The molecule has 0 radical (unpaired) electrons. The molecule has 0 spiro atoms. The molecule has 7 nitrogen and oxygen atoms in total. The van der Waals surface area contributed by atoms with Crippen LogP contribution in [0.1, 0.15) is 48.1 Å². The summed E-state index contributed by atoms with van der Waals surface area (Å²) >= 11 is 0. The summed E-state index contributed by atoms with van der Waals surface area (Å²) in [6.07, 6.45) is -1.54. The van der Waals surface area contributed by atoms with Gasteiger partial charge in [0.1, 0.15) is 17.1 Å². The predicted molar refractivity (Wildman–Crippen MR) is 129 cm³/mol. The molecule has 0 N–H and O–H groups in total. The van der Waals surface area contributed by atoms with Crippen LogP contribution in [-0.4, -0.2) is 43.6 Å². The van der Waals surface area contributed by atoms with Crippen LogP contribution in [0.4, 0.5) is 13.2 Å². The van der Waals surface area contributed by atoms with Gasteiger partial charge in [0, 0.05) is 30.9 Å². The molecule has 10 heteroatoms. The third-order valence-corrected chi connectivity index (χ3v) is 6.01. The van der Waals surface area contributed by atoms with Gasteiger partial charge in [-0.2, -0.15) is 13.2 Å². The van der Waals surface area contributed by atoms with E-state index in [0.717, 1.165) is 17.8 Å². The fourth-order valence-electron chi connectivity index (χ4n) is 4.25. The second-order valence-corrected chi connectivity index (χ2v) is 9.20. The average Bonchev–Trinajstić information content (AvgIpc) is 3.22. The SMILES string of the molecule is C=C(CN1C(=O)c2ccc(-n3cnc(C)c3)c(=O)n2CC1C)c1cc(C(F)(F)F)ccc1OC(C)C. The summed E-state index contributed by atoms with van der Waals surface area (Å²) in [6.45, 7) is 11.3. The second-order valence-electron chi connectivity index (χ2n) is 9.20. The maximum Gasteiger partial charge on any atom is 0.416 e. The van der Waals surface area contributed by atoms with Crippen LogP contribution in [0.3, 0.4) is 0 Å². The minimum Gasteiger partial charge on any atom is -0.490 e. The number of carbonyl (C=O) groups excluding carboxylic acids is 1. The fourth-order valence-corrected chi connectivity index (χ4v) is 4.25. The maximum atomic E-state index is 13.4. The molecular weight excluding hydrogens is 473 g/mol. The zero-order chi connectivity index (χ0) is 26.4. The Hall–Kier alpha value is -3.82. The summed E-state index contributed by atoms with van der Waals surface area (Å²) in [5.41, 5.74) is 0.666. The molecule has 0 saturated carbocycles. The normalized spacial score (nSPS) is 15.8. The number of ether oxygens (including phenoxy) is 1. The van der Waals surface area contributed by atoms with Crippen molar-refractivity contribution in [2.45, 2.75) is 52.6 Å². The minimum absolute atomic E-state index is 0.0214. The van der Waals surface area contributed by atoms with Crippen molar-refractivity contribution < 1.29 is 22.7 Å². The first-order valence-corrected chi connectivity index (χ1v) is 11.5. The highest BCUT2D eigenvalue weighted by molar-refractivity contribution is 5.94. The Morgan fingerprint density at radius 3 is 2.56 bits per heavy atom. The molecule has 190 valence electrons. The Morgan fingerprint density at radius 1 is 1.22 bits per heavy atom. The fraction of sp³-hybridized carbons (Fsp3) is 0.346. The number of aromatic nitrogens is 3. The summed E-state index contributed by atoms with van der Waals surface area (Å²) in [5.74, 6) is -0.143. The van der Waals surface area contributed by atoms with E-state index < -0.39 is 23.7 Å². The Labute approximate surface area is 206 Å². The van der Waals surface area contributed by atoms with Crippen LogP contribution in [0.15, 0.2) is 54.2 Å². The first kappa shape index (κ1) is 25.3. The number of hydrogen-bond acceptors (Lipinski definition) is 4. The Bertz CT molecular complexity index is 1390. The average molecular weight is 501 g/mol. The molecule has 0 bridgehead atoms. The molecule has 1 amide bonds. The molecule has 1 atom stereocenters. The summed E-state index contributed by atoms with van der Waals surface area (Å²) in [5, 5.41) is 0. The first-order chi connectivity index (χ1) is 16.9. The molecule has 0 aliphatic carbocycles. The molecule has 3 heterocycles. The molecule has 0 saturated heterocycles. The molecule has 36 heavy (non-hydrogen) atoms. The summed E-state index contributed by atoms with van der Waals surface area (Å²) < 4.78 is 48.9. The van der Waals surface area contributed by atoms with Crippen LogP contribution in [-0.2, 0) is 12.7 Å². The highest BCUT2D eigenvalue weighted by atomic mass is 19.4. The van der Waals surface area contributed by atoms with E-state index in [9.17, 15) is 22.8 Å². The molecule has 1 aliphatic rings. The zero-order valence-corrected chi connectivity index (χ0v) is 20.5. The number of imidazole rings is 1. The highest BCUT2D eigenvalue weighted by Crippen LogP contribution is 2.36. The number of fused-ring (bicyclic) bond motifs is 1. The Balaban J connectivity index is 1.66. The van der Waals surface area contributed by atoms with Crippen LogP contribution in [0.2, 0.25) is 0 Å². The molecule has 0 fully saturated rings. The smallest absolute Gasteiger partial charge is 0.416 e. The van der Waals surface area contributed by atoms with Crippen LogP contribution in [0.5, 0.6) is 5.75 Å². The van der Waals surface area contributed by atoms with E-state index >= 15 is 0 Å². The van der Waals surface area contributed by atoms with Crippen LogP contribution < -0.4 is 10.3 Å². The van der Waals surface area contributed by atoms with Crippen molar-refractivity contribution >= 4 is 11.5 Å². The third kappa shape index (κ3) is 4.80. The van der Waals surface area contributed by atoms with Gasteiger partial charge in [0.25, 0.3) is 11.5 Å². The monoisotopic (exact) mass is 500 g/mol. The van der Waals surface area contributed by atoms with Crippen LogP contribution in [0, 0.1) is 6.92 Å². The number of pyridine rings is 1. The molecule has 2 aromatic heterocycles. The maximum absolute atomic E-state index is 13.4. The van der Waals surface area contributed by atoms with Gasteiger partial charge in [-0.25, -0.2) is 4.98 Å². The Morgan fingerprint density at radius 2 is 1.94 bits per heavy atom. The lowest BCUT2D eigenvalue weighted by molar-refractivity contribution is -0.137. The number of alkyl halides is 3. The van der Waals surface area contributed by atoms with Crippen molar-refractivity contribution in [1.82, 2.24) is 19.0 Å². The summed E-state index contributed by atoms with van der Waals surface area (Å²) in [6, 6.07) is 5.98. The van der Waals surface area contributed by atoms with Gasteiger partial charge < -0.3 is 18.8 Å². The standard InChI is InChI=1S/C26H27F3N4O3/c1-15(2)36-23-9-6-19(26(27,28)29)10-20(23)16(3)11-32-18(5)13-33-22(25(32)35)8-7-21(24(33)34)31-12-17(4)30-14-31/h6-10,12,14-15,18H,3,11,13H2,1-2,4-5H3. The van der Waals surface area contributed by atoms with E-state index in [0.29, 0.717) is 11.3 Å². The molecule has 1 aliphatic heterocycles. The lowest BCUT2D eigenvalue weighted by Crippen LogP contribution is -2.50. The highest BCUT2D eigenvalue weighted by Gasteiger charge is 2.34. The largest absolute Gasteiger partial charge is 0.490 e. The minimum atomic E-state index is -4.54. The topological polar surface area (TPSA) is 69.4 Å². The van der Waals surface area contributed by atoms with Gasteiger partial charge in [-0.05, 0) is 63.6 Å². The quantitative estimate of drug-likeness (QED) is 0.492. The van der Waals surface area contributed by atoms with Crippen molar-refractivity contribution in [3.63, 3.8) is 0 Å². The van der Waals surface area contributed by atoms with E-state index in [-0.39, 0.29) is 41.8 Å². The van der Waals surface area contributed by atoms with E-state index in [1.165, 1.54) is 21.9 Å². The summed E-state index contributed by atoms with van der Waals surface area (Å²) in [7, 11) is 0. The third-order valence-electron chi connectivity index (χ3n) is 6.01. The van der Waals surface area contributed by atoms with Gasteiger partial charge in [0.15, 0.2) is 0 Å². The van der Waals surface area contributed by atoms with E-state index in [1.807, 2.05) is 6.92 Å². The predicted octanol–water partition coefficient (Wildman–Crippen LogP) is 4.71. The number of hydrogen-bond donors (Lipinski definition) is 0. The van der Waals surface area contributed by atoms with Crippen LogP contribution >= 0.6 is 0 Å². The lowest BCUT2D eigenvalue weighted by atomic mass is 10.0. The zero-order valence-electron chi connectivity index (χ0n) is 20.5. The molecule has 1 aromatic carbocycles. The van der Waals surface area contributed by atoms with Gasteiger partial charge in [-0.15, -0.1) is 0 Å². The van der Waals surface area contributed by atoms with Gasteiger partial charge in [-0.1, -0.05) is 6.58 Å². The van der Waals surface area contributed by atoms with E-state index in [4.69, 9.17) is 4.74 Å². The molecule has 4 rings (SSSR count). The van der Waals surface area contributed by atoms with Crippen molar-refractivity contribution in [1.29, 1.82) is 0 Å². The number of rotatable bonds is 6. The van der Waals surface area contributed by atoms with E-state index in [2.05, 4.69) is 11.6 Å². The number of nitrogens with zero attached hydrogens (tertiary/aromatic N) is 4. The molecular formula is C26H27F3N4O3. The van der Waals surface area contributed by atoms with Gasteiger partial charge in [0.2, 0.25) is 0 Å². The van der Waals surface area contributed by atoms with Crippen molar-refractivity contribution in [2.75, 3.05) is 6.54 Å². The first-order valence-electron chi connectivity index (χ1n) is 11.5. The van der Waals surface area contributed by atoms with Crippen LogP contribution in [0.25, 0.3) is 11.3 Å². The van der Waals surface area contributed by atoms with Crippen molar-refractivity contribution in [3.05, 3.63) is 82.3 Å². The molecule has 3 aromatic rings. The number of carbonyl (C=O) groups is 1. The number of aryl methyl sites for hydroxylation is 1. The Kier molecular flexibility index (Phi) is 6.55. The van der Waals surface area contributed by atoms with Crippen molar-refractivity contribution in [3.8, 4) is 11.4 Å². The van der Waals surface area contributed by atoms with Crippen molar-refractivity contribution in [2.24, 2.45) is 0 Å². The molecule has 1 unspecified atom stereocenters. The lowest BCUT2D eigenvalue weighted by Gasteiger charge is -2.36. The summed E-state index contributed by atoms with van der Waals surface area (Å²) in [4.78, 5) is 32.2. The second kappa shape index (κ2) is 9.33. The van der Waals surface area contributed by atoms with E-state index in [1.54, 1.807) is 43.7 Å². The number of halogens is 3. The number of amides is 1. The van der Waals surface area contributed by atoms with Gasteiger partial charge >= 0.3 is 6.18 Å².